The van der Waals surface area contributed by atoms with Crippen molar-refractivity contribution >= 4 is 44.8 Å². The third kappa shape index (κ3) is 7.81. The van der Waals surface area contributed by atoms with E-state index < -0.39 is 10.0 Å². The molecule has 0 heterocycles. The smallest absolute Gasteiger partial charge is 0.225 e. The SMILES string of the molecule is CN(C)CCCN(CCC(=O)Nc1ccc(Cl)c(Cl)c1)S(C)(=O)=O. The normalized spacial score (nSPS) is 12.0. The van der Waals surface area contributed by atoms with E-state index in [9.17, 15) is 13.2 Å². The fraction of sp³-hybridized carbons (Fsp3) is 0.533. The first-order valence-corrected chi connectivity index (χ1v) is 10.0. The van der Waals surface area contributed by atoms with E-state index in [1.807, 2.05) is 19.0 Å². The van der Waals surface area contributed by atoms with Crippen molar-refractivity contribution in [3.63, 3.8) is 0 Å². The zero-order chi connectivity index (χ0) is 18.3. The molecule has 136 valence electrons. The van der Waals surface area contributed by atoms with Gasteiger partial charge in [-0.2, -0.15) is 0 Å². The number of benzene rings is 1. The van der Waals surface area contributed by atoms with Crippen LogP contribution in [0.15, 0.2) is 18.2 Å². The maximum Gasteiger partial charge on any atom is 0.225 e. The highest BCUT2D eigenvalue weighted by molar-refractivity contribution is 7.88. The average molecular weight is 396 g/mol. The molecule has 0 aliphatic heterocycles. The summed E-state index contributed by atoms with van der Waals surface area (Å²) in [5.74, 6) is -0.283. The maximum absolute atomic E-state index is 12.0. The van der Waals surface area contributed by atoms with Crippen molar-refractivity contribution in [1.82, 2.24) is 9.21 Å². The lowest BCUT2D eigenvalue weighted by atomic mass is 10.3. The average Bonchev–Trinajstić information content (AvgIpc) is 2.45. The monoisotopic (exact) mass is 395 g/mol. The number of hydrogen-bond acceptors (Lipinski definition) is 4. The third-order valence-corrected chi connectivity index (χ3v) is 5.32. The van der Waals surface area contributed by atoms with Crippen LogP contribution in [0.2, 0.25) is 10.0 Å². The van der Waals surface area contributed by atoms with Gasteiger partial charge < -0.3 is 10.2 Å². The molecular weight excluding hydrogens is 373 g/mol. The summed E-state index contributed by atoms with van der Waals surface area (Å²) in [6.07, 6.45) is 1.92. The molecule has 0 saturated carbocycles. The molecule has 0 radical (unpaired) electrons. The lowest BCUT2D eigenvalue weighted by Crippen LogP contribution is -2.35. The second-order valence-corrected chi connectivity index (χ2v) is 8.54. The minimum Gasteiger partial charge on any atom is -0.326 e. The van der Waals surface area contributed by atoms with Crippen molar-refractivity contribution in [3.05, 3.63) is 28.2 Å². The van der Waals surface area contributed by atoms with Gasteiger partial charge in [0.1, 0.15) is 0 Å². The molecule has 0 atom stereocenters. The van der Waals surface area contributed by atoms with Crippen LogP contribution in [0.1, 0.15) is 12.8 Å². The zero-order valence-electron chi connectivity index (χ0n) is 14.1. The molecule has 0 saturated heterocycles. The Kier molecular flexibility index (Phi) is 8.45. The number of carbonyl (C=O) groups is 1. The van der Waals surface area contributed by atoms with Gasteiger partial charge in [-0.15, -0.1) is 0 Å². The Morgan fingerprint density at radius 2 is 1.79 bits per heavy atom. The van der Waals surface area contributed by atoms with Gasteiger partial charge in [0.25, 0.3) is 0 Å². The first-order valence-electron chi connectivity index (χ1n) is 7.44. The molecule has 0 aromatic heterocycles. The van der Waals surface area contributed by atoms with Crippen LogP contribution in [-0.2, 0) is 14.8 Å². The number of nitrogens with zero attached hydrogens (tertiary/aromatic N) is 2. The molecule has 0 aliphatic carbocycles. The van der Waals surface area contributed by atoms with Gasteiger partial charge in [-0.05, 0) is 45.3 Å². The van der Waals surface area contributed by atoms with E-state index in [1.54, 1.807) is 18.2 Å². The van der Waals surface area contributed by atoms with Crippen LogP contribution >= 0.6 is 23.2 Å². The molecule has 1 N–H and O–H groups in total. The number of sulfonamides is 1. The second-order valence-electron chi connectivity index (χ2n) is 5.75. The largest absolute Gasteiger partial charge is 0.326 e. The number of halogens is 2. The Labute approximate surface area is 153 Å². The van der Waals surface area contributed by atoms with Gasteiger partial charge in [0.05, 0.1) is 16.3 Å². The molecule has 0 unspecified atom stereocenters. The molecule has 0 spiro atoms. The van der Waals surface area contributed by atoms with Crippen LogP contribution in [0.3, 0.4) is 0 Å². The topological polar surface area (TPSA) is 69.7 Å². The minimum absolute atomic E-state index is 0.0648. The summed E-state index contributed by atoms with van der Waals surface area (Å²) in [6, 6.07) is 4.77. The highest BCUT2D eigenvalue weighted by atomic mass is 35.5. The van der Waals surface area contributed by atoms with E-state index in [1.165, 1.54) is 4.31 Å². The molecular formula is C15H23Cl2N3O3S. The van der Waals surface area contributed by atoms with Gasteiger partial charge in [-0.1, -0.05) is 23.2 Å². The summed E-state index contributed by atoms with van der Waals surface area (Å²) in [5.41, 5.74) is 0.521. The van der Waals surface area contributed by atoms with E-state index >= 15 is 0 Å². The van der Waals surface area contributed by atoms with Crippen molar-refractivity contribution < 1.29 is 13.2 Å². The van der Waals surface area contributed by atoms with E-state index in [0.717, 1.165) is 12.8 Å². The summed E-state index contributed by atoms with van der Waals surface area (Å²) in [4.78, 5) is 14.0. The zero-order valence-corrected chi connectivity index (χ0v) is 16.4. The molecule has 6 nitrogen and oxygen atoms in total. The molecule has 9 heteroatoms. The number of rotatable bonds is 9. The van der Waals surface area contributed by atoms with Gasteiger partial charge in [-0.3, -0.25) is 4.79 Å². The summed E-state index contributed by atoms with van der Waals surface area (Å²) in [7, 11) is 0.505. The van der Waals surface area contributed by atoms with Gasteiger partial charge >= 0.3 is 0 Å². The Balaban J connectivity index is 2.55. The van der Waals surface area contributed by atoms with Crippen LogP contribution in [-0.4, -0.2) is 63.5 Å². The summed E-state index contributed by atoms with van der Waals surface area (Å²) < 4.78 is 24.9. The number of nitrogens with one attached hydrogen (secondary N) is 1. The molecule has 1 aromatic carbocycles. The highest BCUT2D eigenvalue weighted by Gasteiger charge is 2.17. The standard InChI is InChI=1S/C15H23Cl2N3O3S/c1-19(2)8-4-9-20(24(3,22)23)10-7-15(21)18-12-5-6-13(16)14(17)11-12/h5-6,11H,4,7-10H2,1-3H3,(H,18,21). The molecule has 24 heavy (non-hydrogen) atoms. The van der Waals surface area contributed by atoms with E-state index in [2.05, 4.69) is 5.32 Å². The lowest BCUT2D eigenvalue weighted by molar-refractivity contribution is -0.116. The Morgan fingerprint density at radius 1 is 1.12 bits per heavy atom. The number of hydrogen-bond donors (Lipinski definition) is 1. The Morgan fingerprint density at radius 3 is 2.33 bits per heavy atom. The maximum atomic E-state index is 12.0. The van der Waals surface area contributed by atoms with Crippen molar-refractivity contribution in [2.45, 2.75) is 12.8 Å². The first-order chi connectivity index (χ1) is 11.1. The van der Waals surface area contributed by atoms with Gasteiger partial charge in [-0.25, -0.2) is 12.7 Å². The van der Waals surface area contributed by atoms with Crippen LogP contribution in [0.25, 0.3) is 0 Å². The van der Waals surface area contributed by atoms with Gasteiger partial charge in [0.15, 0.2) is 0 Å². The van der Waals surface area contributed by atoms with Crippen molar-refractivity contribution in [1.29, 1.82) is 0 Å². The fourth-order valence-electron chi connectivity index (χ4n) is 2.03. The molecule has 0 aliphatic rings. The minimum atomic E-state index is -3.35. The van der Waals surface area contributed by atoms with Crippen LogP contribution < -0.4 is 5.32 Å². The van der Waals surface area contributed by atoms with E-state index in [4.69, 9.17) is 23.2 Å². The number of amides is 1. The summed E-state index contributed by atoms with van der Waals surface area (Å²) in [6.45, 7) is 1.30. The fourth-order valence-corrected chi connectivity index (χ4v) is 3.21. The third-order valence-electron chi connectivity index (χ3n) is 3.27. The van der Waals surface area contributed by atoms with Crippen molar-refractivity contribution in [3.8, 4) is 0 Å². The van der Waals surface area contributed by atoms with Crippen LogP contribution in [0.5, 0.6) is 0 Å². The molecule has 1 aromatic rings. The predicted molar refractivity (Wildman–Crippen MR) is 99.3 cm³/mol. The summed E-state index contributed by atoms with van der Waals surface area (Å²) in [5, 5.41) is 3.42. The second kappa shape index (κ2) is 9.58. The Bertz CT molecular complexity index is 666. The van der Waals surface area contributed by atoms with Gasteiger partial charge in [0, 0.05) is 25.2 Å². The summed E-state index contributed by atoms with van der Waals surface area (Å²) >= 11 is 11.7. The van der Waals surface area contributed by atoms with Gasteiger partial charge in [0.2, 0.25) is 15.9 Å². The predicted octanol–water partition coefficient (Wildman–Crippen LogP) is 2.54. The molecule has 1 rings (SSSR count). The lowest BCUT2D eigenvalue weighted by Gasteiger charge is -2.20. The van der Waals surface area contributed by atoms with Crippen molar-refractivity contribution in [2.75, 3.05) is 45.3 Å². The molecule has 0 bridgehead atoms. The quantitative estimate of drug-likeness (QED) is 0.697. The van der Waals surface area contributed by atoms with E-state index in [-0.39, 0.29) is 18.9 Å². The van der Waals surface area contributed by atoms with Crippen LogP contribution in [0, 0.1) is 0 Å². The van der Waals surface area contributed by atoms with E-state index in [0.29, 0.717) is 28.7 Å². The Hall–Kier alpha value is -0.860. The first kappa shape index (κ1) is 21.2. The van der Waals surface area contributed by atoms with Crippen LogP contribution in [0.4, 0.5) is 5.69 Å². The number of anilines is 1. The highest BCUT2D eigenvalue weighted by Crippen LogP contribution is 2.25. The van der Waals surface area contributed by atoms with Crippen molar-refractivity contribution in [2.24, 2.45) is 0 Å². The number of carbonyl (C=O) groups excluding carboxylic acids is 1. The molecule has 0 fully saturated rings. The molecule has 1 amide bonds.